The number of morpholine rings is 1. The highest BCUT2D eigenvalue weighted by atomic mass is 16.5. The van der Waals surface area contributed by atoms with Gasteiger partial charge in [-0.15, -0.1) is 0 Å². The number of ether oxygens (including phenoxy) is 1. The lowest BCUT2D eigenvalue weighted by atomic mass is 9.89. The van der Waals surface area contributed by atoms with E-state index in [0.717, 1.165) is 19.7 Å². The van der Waals surface area contributed by atoms with Crippen LogP contribution in [-0.4, -0.2) is 42.3 Å². The molecule has 3 heteroatoms. The third-order valence-electron chi connectivity index (χ3n) is 4.31. The molecule has 3 unspecified atom stereocenters. The summed E-state index contributed by atoms with van der Waals surface area (Å²) in [6, 6.07) is 0.487. The number of nitrogens with zero attached hydrogens (tertiary/aromatic N) is 1. The zero-order valence-electron chi connectivity index (χ0n) is 12.7. The summed E-state index contributed by atoms with van der Waals surface area (Å²) in [6.07, 6.45) is 6.81. The molecule has 0 amide bonds. The van der Waals surface area contributed by atoms with Gasteiger partial charge in [0, 0.05) is 24.7 Å². The van der Waals surface area contributed by atoms with Crippen LogP contribution >= 0.6 is 0 Å². The Morgan fingerprint density at radius 3 is 2.61 bits per heavy atom. The average molecular weight is 256 g/mol. The maximum Gasteiger partial charge on any atom is 0.0675 e. The minimum absolute atomic E-state index is 0.144. The molecule has 1 saturated heterocycles. The average Bonchev–Trinajstić information content (AvgIpc) is 2.37. The molecule has 1 aliphatic rings. The molecule has 1 heterocycles. The van der Waals surface area contributed by atoms with Crippen molar-refractivity contribution in [1.82, 2.24) is 4.90 Å². The molecule has 0 aromatic carbocycles. The minimum Gasteiger partial charge on any atom is -0.376 e. The fourth-order valence-corrected chi connectivity index (χ4v) is 2.95. The van der Waals surface area contributed by atoms with Gasteiger partial charge in [0.15, 0.2) is 0 Å². The maximum atomic E-state index is 6.08. The summed E-state index contributed by atoms with van der Waals surface area (Å²) in [7, 11) is 0. The van der Waals surface area contributed by atoms with E-state index in [-0.39, 0.29) is 5.54 Å². The van der Waals surface area contributed by atoms with Gasteiger partial charge in [-0.2, -0.15) is 0 Å². The van der Waals surface area contributed by atoms with Gasteiger partial charge in [0.25, 0.3) is 0 Å². The van der Waals surface area contributed by atoms with Crippen molar-refractivity contribution in [2.45, 2.75) is 77.5 Å². The number of rotatable bonds is 7. The largest absolute Gasteiger partial charge is 0.376 e. The van der Waals surface area contributed by atoms with Crippen molar-refractivity contribution < 1.29 is 4.74 Å². The van der Waals surface area contributed by atoms with E-state index in [1.54, 1.807) is 0 Å². The molecular weight excluding hydrogens is 224 g/mol. The molecular formula is C15H32N2O. The Morgan fingerprint density at radius 2 is 2.00 bits per heavy atom. The zero-order chi connectivity index (χ0) is 13.6. The quantitative estimate of drug-likeness (QED) is 0.712. The fraction of sp³-hybridized carbons (Fsp3) is 1.00. The van der Waals surface area contributed by atoms with Gasteiger partial charge in [0.1, 0.15) is 0 Å². The maximum absolute atomic E-state index is 6.08. The van der Waals surface area contributed by atoms with Crippen LogP contribution in [0.3, 0.4) is 0 Å². The second-order valence-corrected chi connectivity index (χ2v) is 6.16. The number of hydrogen-bond acceptors (Lipinski definition) is 3. The van der Waals surface area contributed by atoms with Crippen molar-refractivity contribution >= 4 is 0 Å². The first-order chi connectivity index (χ1) is 8.53. The smallest absolute Gasteiger partial charge is 0.0675 e. The van der Waals surface area contributed by atoms with Gasteiger partial charge < -0.3 is 10.5 Å². The SMILES string of the molecule is CCCCCCC(C)(CN)N1CC(C)OCC1C. The molecule has 0 spiro atoms. The fourth-order valence-electron chi connectivity index (χ4n) is 2.95. The highest BCUT2D eigenvalue weighted by Gasteiger charge is 2.36. The summed E-state index contributed by atoms with van der Waals surface area (Å²) in [4.78, 5) is 2.58. The molecule has 0 saturated carbocycles. The molecule has 3 nitrogen and oxygen atoms in total. The zero-order valence-corrected chi connectivity index (χ0v) is 12.7. The van der Waals surface area contributed by atoms with Gasteiger partial charge in [-0.3, -0.25) is 4.90 Å². The van der Waals surface area contributed by atoms with Crippen LogP contribution in [0.4, 0.5) is 0 Å². The van der Waals surface area contributed by atoms with E-state index >= 15 is 0 Å². The van der Waals surface area contributed by atoms with Crippen molar-refractivity contribution in [3.8, 4) is 0 Å². The van der Waals surface area contributed by atoms with E-state index in [2.05, 4.69) is 32.6 Å². The standard InChI is InChI=1S/C15H32N2O/c1-5-6-7-8-9-15(4,12-16)17-10-14(3)18-11-13(17)2/h13-14H,5-12,16H2,1-4H3. The monoisotopic (exact) mass is 256 g/mol. The predicted octanol–water partition coefficient (Wildman–Crippen LogP) is 2.78. The third kappa shape index (κ3) is 4.22. The van der Waals surface area contributed by atoms with E-state index in [1.807, 2.05) is 0 Å². The Morgan fingerprint density at radius 1 is 1.28 bits per heavy atom. The van der Waals surface area contributed by atoms with Crippen molar-refractivity contribution in [3.63, 3.8) is 0 Å². The topological polar surface area (TPSA) is 38.5 Å². The van der Waals surface area contributed by atoms with Crippen molar-refractivity contribution in [2.24, 2.45) is 5.73 Å². The Kier molecular flexibility index (Phi) is 6.61. The first-order valence-electron chi connectivity index (χ1n) is 7.62. The number of nitrogens with two attached hydrogens (primary N) is 1. The van der Waals surface area contributed by atoms with Gasteiger partial charge in [0.05, 0.1) is 12.7 Å². The minimum atomic E-state index is 0.144. The summed E-state index contributed by atoms with van der Waals surface area (Å²) in [5, 5.41) is 0. The second kappa shape index (κ2) is 7.46. The van der Waals surface area contributed by atoms with E-state index in [1.165, 1.54) is 32.1 Å². The Labute approximate surface area is 113 Å². The van der Waals surface area contributed by atoms with Gasteiger partial charge >= 0.3 is 0 Å². The van der Waals surface area contributed by atoms with E-state index < -0.39 is 0 Å². The first kappa shape index (κ1) is 15.9. The molecule has 18 heavy (non-hydrogen) atoms. The van der Waals surface area contributed by atoms with Crippen LogP contribution in [0.2, 0.25) is 0 Å². The van der Waals surface area contributed by atoms with Crippen molar-refractivity contribution in [2.75, 3.05) is 19.7 Å². The lowest BCUT2D eigenvalue weighted by molar-refractivity contribution is -0.0905. The molecule has 0 bridgehead atoms. The second-order valence-electron chi connectivity index (χ2n) is 6.16. The van der Waals surface area contributed by atoms with Crippen LogP contribution < -0.4 is 5.73 Å². The molecule has 1 aliphatic heterocycles. The molecule has 0 radical (unpaired) electrons. The van der Waals surface area contributed by atoms with Gasteiger partial charge in [-0.05, 0) is 27.2 Å². The molecule has 0 aromatic heterocycles. The van der Waals surface area contributed by atoms with E-state index in [0.29, 0.717) is 12.1 Å². The molecule has 0 aromatic rings. The summed E-state index contributed by atoms with van der Waals surface area (Å²) in [6.45, 7) is 11.6. The first-order valence-corrected chi connectivity index (χ1v) is 7.62. The number of unbranched alkanes of at least 4 members (excludes halogenated alkanes) is 3. The van der Waals surface area contributed by atoms with Crippen LogP contribution in [0.15, 0.2) is 0 Å². The summed E-state index contributed by atoms with van der Waals surface area (Å²) < 4.78 is 5.72. The highest BCUT2D eigenvalue weighted by molar-refractivity contribution is 4.92. The molecule has 1 rings (SSSR count). The Bertz CT molecular complexity index is 235. The normalized spacial score (nSPS) is 29.2. The van der Waals surface area contributed by atoms with Crippen LogP contribution in [0, 0.1) is 0 Å². The van der Waals surface area contributed by atoms with Crippen LogP contribution in [0.1, 0.15) is 59.8 Å². The van der Waals surface area contributed by atoms with Gasteiger partial charge in [-0.1, -0.05) is 32.6 Å². The van der Waals surface area contributed by atoms with Crippen LogP contribution in [0.25, 0.3) is 0 Å². The summed E-state index contributed by atoms with van der Waals surface area (Å²) in [5.74, 6) is 0. The molecule has 2 N–H and O–H groups in total. The Hall–Kier alpha value is -0.120. The van der Waals surface area contributed by atoms with Crippen molar-refractivity contribution in [1.29, 1.82) is 0 Å². The molecule has 1 fully saturated rings. The molecule has 0 aliphatic carbocycles. The number of hydrogen-bond donors (Lipinski definition) is 1. The van der Waals surface area contributed by atoms with Gasteiger partial charge in [0.2, 0.25) is 0 Å². The lowest BCUT2D eigenvalue weighted by Crippen LogP contribution is -2.60. The summed E-state index contributed by atoms with van der Waals surface area (Å²) >= 11 is 0. The predicted molar refractivity (Wildman–Crippen MR) is 77.8 cm³/mol. The van der Waals surface area contributed by atoms with Crippen molar-refractivity contribution in [3.05, 3.63) is 0 Å². The van der Waals surface area contributed by atoms with Gasteiger partial charge in [-0.25, -0.2) is 0 Å². The van der Waals surface area contributed by atoms with E-state index in [4.69, 9.17) is 10.5 Å². The highest BCUT2D eigenvalue weighted by Crippen LogP contribution is 2.27. The van der Waals surface area contributed by atoms with E-state index in [9.17, 15) is 0 Å². The Balaban J connectivity index is 2.54. The third-order valence-corrected chi connectivity index (χ3v) is 4.31. The molecule has 3 atom stereocenters. The van der Waals surface area contributed by atoms with Crippen LogP contribution in [-0.2, 0) is 4.74 Å². The lowest BCUT2D eigenvalue weighted by Gasteiger charge is -2.48. The van der Waals surface area contributed by atoms with Crippen LogP contribution in [0.5, 0.6) is 0 Å². The molecule has 108 valence electrons. The summed E-state index contributed by atoms with van der Waals surface area (Å²) in [5.41, 5.74) is 6.22.